The average Bonchev–Trinajstić information content (AvgIpc) is 2.00. The molecular formula is C9H22N2. The van der Waals surface area contributed by atoms with Crippen molar-refractivity contribution >= 4 is 0 Å². The molecule has 0 saturated heterocycles. The second-order valence-electron chi connectivity index (χ2n) is 3.70. The highest BCUT2D eigenvalue weighted by atomic mass is 15.1. The molecule has 68 valence electrons. The molecule has 2 nitrogen and oxygen atoms in total. The van der Waals surface area contributed by atoms with Gasteiger partial charge in [0.15, 0.2) is 0 Å². The first kappa shape index (κ1) is 10.9. The van der Waals surface area contributed by atoms with Crippen molar-refractivity contribution in [2.75, 3.05) is 20.6 Å². The Labute approximate surface area is 70.8 Å². The maximum Gasteiger partial charge on any atom is 0.0297 e. The summed E-state index contributed by atoms with van der Waals surface area (Å²) < 4.78 is 0. The second kappa shape index (κ2) is 4.73. The van der Waals surface area contributed by atoms with Gasteiger partial charge < -0.3 is 10.6 Å². The summed E-state index contributed by atoms with van der Waals surface area (Å²) in [6.45, 7) is 5.19. The Hall–Kier alpha value is -0.0800. The normalized spacial score (nSPS) is 16.9. The van der Waals surface area contributed by atoms with Crippen LogP contribution in [0.1, 0.15) is 33.1 Å². The summed E-state index contributed by atoms with van der Waals surface area (Å²) in [7, 11) is 4.20. The molecule has 1 atom stereocenters. The fourth-order valence-corrected chi connectivity index (χ4v) is 1.07. The summed E-state index contributed by atoms with van der Waals surface area (Å²) in [5.74, 6) is 0. The van der Waals surface area contributed by atoms with Gasteiger partial charge in [-0.15, -0.1) is 0 Å². The zero-order valence-corrected chi connectivity index (χ0v) is 8.35. The van der Waals surface area contributed by atoms with Gasteiger partial charge in [0.05, 0.1) is 0 Å². The molecule has 0 aliphatic heterocycles. The van der Waals surface area contributed by atoms with Crippen LogP contribution in [0.5, 0.6) is 0 Å². The van der Waals surface area contributed by atoms with Crippen LogP contribution in [-0.2, 0) is 0 Å². The fraction of sp³-hybridized carbons (Fsp3) is 1.00. The SMILES string of the molecule is CCCCC(C)(CN)N(C)C. The van der Waals surface area contributed by atoms with Crippen LogP contribution in [0.25, 0.3) is 0 Å². The van der Waals surface area contributed by atoms with Crippen LogP contribution >= 0.6 is 0 Å². The molecular weight excluding hydrogens is 136 g/mol. The standard InChI is InChI=1S/C9H22N2/c1-5-6-7-9(2,8-10)11(3)4/h5-8,10H2,1-4H3. The molecule has 0 aromatic carbocycles. The quantitative estimate of drug-likeness (QED) is 0.656. The third-order valence-electron chi connectivity index (χ3n) is 2.59. The van der Waals surface area contributed by atoms with Gasteiger partial charge >= 0.3 is 0 Å². The van der Waals surface area contributed by atoms with Crippen molar-refractivity contribution in [2.24, 2.45) is 5.73 Å². The molecule has 0 rings (SSSR count). The van der Waals surface area contributed by atoms with E-state index in [9.17, 15) is 0 Å². The summed E-state index contributed by atoms with van der Waals surface area (Å²) in [5, 5.41) is 0. The predicted octanol–water partition coefficient (Wildman–Crippen LogP) is 1.46. The van der Waals surface area contributed by atoms with Gasteiger partial charge in [0.25, 0.3) is 0 Å². The highest BCUT2D eigenvalue weighted by Gasteiger charge is 2.23. The third-order valence-corrected chi connectivity index (χ3v) is 2.59. The first-order valence-corrected chi connectivity index (χ1v) is 4.44. The van der Waals surface area contributed by atoms with Crippen LogP contribution in [0.2, 0.25) is 0 Å². The van der Waals surface area contributed by atoms with Crippen LogP contribution in [0, 0.1) is 0 Å². The number of hydrogen-bond acceptors (Lipinski definition) is 2. The number of likely N-dealkylation sites (N-methyl/N-ethyl adjacent to an activating group) is 1. The first-order chi connectivity index (χ1) is 5.06. The number of hydrogen-bond donors (Lipinski definition) is 1. The van der Waals surface area contributed by atoms with E-state index in [0.717, 1.165) is 6.54 Å². The van der Waals surface area contributed by atoms with Crippen molar-refractivity contribution in [2.45, 2.75) is 38.6 Å². The summed E-state index contributed by atoms with van der Waals surface area (Å²) in [6.07, 6.45) is 3.72. The van der Waals surface area contributed by atoms with Gasteiger partial charge in [-0.3, -0.25) is 0 Å². The molecule has 0 heterocycles. The van der Waals surface area contributed by atoms with E-state index in [1.165, 1.54) is 19.3 Å². The van der Waals surface area contributed by atoms with E-state index in [1.54, 1.807) is 0 Å². The Morgan fingerprint density at radius 3 is 2.18 bits per heavy atom. The Morgan fingerprint density at radius 1 is 1.36 bits per heavy atom. The molecule has 0 radical (unpaired) electrons. The fourth-order valence-electron chi connectivity index (χ4n) is 1.07. The lowest BCUT2D eigenvalue weighted by Gasteiger charge is -2.35. The van der Waals surface area contributed by atoms with Crippen molar-refractivity contribution in [1.82, 2.24) is 4.90 Å². The summed E-state index contributed by atoms with van der Waals surface area (Å²) >= 11 is 0. The van der Waals surface area contributed by atoms with E-state index < -0.39 is 0 Å². The summed E-state index contributed by atoms with van der Waals surface area (Å²) in [6, 6.07) is 0. The largest absolute Gasteiger partial charge is 0.329 e. The number of nitrogens with zero attached hydrogens (tertiary/aromatic N) is 1. The van der Waals surface area contributed by atoms with Crippen molar-refractivity contribution in [1.29, 1.82) is 0 Å². The zero-order chi connectivity index (χ0) is 8.91. The van der Waals surface area contributed by atoms with E-state index in [1.807, 2.05) is 0 Å². The van der Waals surface area contributed by atoms with Gasteiger partial charge in [0, 0.05) is 12.1 Å². The van der Waals surface area contributed by atoms with Gasteiger partial charge in [-0.2, -0.15) is 0 Å². The predicted molar refractivity (Wildman–Crippen MR) is 50.7 cm³/mol. The molecule has 0 aromatic rings. The minimum Gasteiger partial charge on any atom is -0.329 e. The molecule has 1 unspecified atom stereocenters. The molecule has 0 aliphatic rings. The number of unbranched alkanes of at least 4 members (excludes halogenated alkanes) is 1. The highest BCUT2D eigenvalue weighted by molar-refractivity contribution is 4.83. The molecule has 2 N–H and O–H groups in total. The molecule has 0 aliphatic carbocycles. The molecule has 0 saturated carbocycles. The molecule has 0 fully saturated rings. The van der Waals surface area contributed by atoms with Gasteiger partial charge in [-0.1, -0.05) is 19.8 Å². The second-order valence-corrected chi connectivity index (χ2v) is 3.70. The molecule has 0 aromatic heterocycles. The van der Waals surface area contributed by atoms with Crippen molar-refractivity contribution in [3.63, 3.8) is 0 Å². The third kappa shape index (κ3) is 3.21. The Balaban J connectivity index is 3.88. The number of rotatable bonds is 5. The van der Waals surface area contributed by atoms with Crippen molar-refractivity contribution < 1.29 is 0 Å². The molecule has 11 heavy (non-hydrogen) atoms. The lowest BCUT2D eigenvalue weighted by molar-refractivity contribution is 0.165. The Bertz CT molecular complexity index is 102. The Morgan fingerprint density at radius 2 is 1.91 bits per heavy atom. The first-order valence-electron chi connectivity index (χ1n) is 4.44. The lowest BCUT2D eigenvalue weighted by Crippen LogP contribution is -2.47. The minimum absolute atomic E-state index is 0.204. The molecule has 0 bridgehead atoms. The summed E-state index contributed by atoms with van der Waals surface area (Å²) in [4.78, 5) is 2.22. The lowest BCUT2D eigenvalue weighted by atomic mass is 9.94. The molecule has 0 spiro atoms. The van der Waals surface area contributed by atoms with Crippen LogP contribution in [0.15, 0.2) is 0 Å². The molecule has 2 heteroatoms. The van der Waals surface area contributed by atoms with Gasteiger partial charge in [-0.25, -0.2) is 0 Å². The molecule has 0 amide bonds. The van der Waals surface area contributed by atoms with E-state index in [4.69, 9.17) is 5.73 Å². The van der Waals surface area contributed by atoms with E-state index in [-0.39, 0.29) is 5.54 Å². The average molecular weight is 158 g/mol. The van der Waals surface area contributed by atoms with Gasteiger partial charge in [0.2, 0.25) is 0 Å². The van der Waals surface area contributed by atoms with Crippen LogP contribution < -0.4 is 5.73 Å². The maximum absolute atomic E-state index is 5.71. The minimum atomic E-state index is 0.204. The van der Waals surface area contributed by atoms with Gasteiger partial charge in [0.1, 0.15) is 0 Å². The Kier molecular flexibility index (Phi) is 4.69. The van der Waals surface area contributed by atoms with Gasteiger partial charge in [-0.05, 0) is 27.4 Å². The summed E-state index contributed by atoms with van der Waals surface area (Å²) in [5.41, 5.74) is 5.91. The highest BCUT2D eigenvalue weighted by Crippen LogP contribution is 2.17. The zero-order valence-electron chi connectivity index (χ0n) is 8.35. The van der Waals surface area contributed by atoms with Crippen molar-refractivity contribution in [3.8, 4) is 0 Å². The monoisotopic (exact) mass is 158 g/mol. The van der Waals surface area contributed by atoms with E-state index >= 15 is 0 Å². The van der Waals surface area contributed by atoms with E-state index in [2.05, 4.69) is 32.8 Å². The van der Waals surface area contributed by atoms with Crippen LogP contribution in [0.4, 0.5) is 0 Å². The van der Waals surface area contributed by atoms with Crippen LogP contribution in [0.3, 0.4) is 0 Å². The van der Waals surface area contributed by atoms with Crippen molar-refractivity contribution in [3.05, 3.63) is 0 Å². The maximum atomic E-state index is 5.71. The number of nitrogens with two attached hydrogens (primary N) is 1. The topological polar surface area (TPSA) is 29.3 Å². The van der Waals surface area contributed by atoms with E-state index in [0.29, 0.717) is 0 Å². The smallest absolute Gasteiger partial charge is 0.0297 e. The van der Waals surface area contributed by atoms with Crippen LogP contribution in [-0.4, -0.2) is 31.1 Å².